The molecule has 0 fully saturated rings. The molecule has 0 spiro atoms. The molecule has 2 aromatic rings. The SMILES string of the molecule is Cc1c(C(=O)/C=C/c2cc(Br)ccc2O)cnn1C. The van der Waals surface area contributed by atoms with Crippen LogP contribution in [0.3, 0.4) is 0 Å². The van der Waals surface area contributed by atoms with Gasteiger partial charge in [-0.25, -0.2) is 0 Å². The lowest BCUT2D eigenvalue weighted by atomic mass is 10.1. The summed E-state index contributed by atoms with van der Waals surface area (Å²) in [6.45, 7) is 1.84. The Morgan fingerprint density at radius 1 is 1.47 bits per heavy atom. The van der Waals surface area contributed by atoms with Gasteiger partial charge >= 0.3 is 0 Å². The van der Waals surface area contributed by atoms with Gasteiger partial charge in [0.1, 0.15) is 5.75 Å². The number of ketones is 1. The Bertz CT molecular complexity index is 659. The van der Waals surface area contributed by atoms with E-state index in [1.165, 1.54) is 6.08 Å². The lowest BCUT2D eigenvalue weighted by molar-refractivity contribution is 0.104. The topological polar surface area (TPSA) is 55.1 Å². The van der Waals surface area contributed by atoms with Crippen molar-refractivity contribution in [1.29, 1.82) is 0 Å². The van der Waals surface area contributed by atoms with Crippen LogP contribution in [0.25, 0.3) is 6.08 Å². The highest BCUT2D eigenvalue weighted by Crippen LogP contribution is 2.23. The van der Waals surface area contributed by atoms with Crippen molar-refractivity contribution in [1.82, 2.24) is 9.78 Å². The van der Waals surface area contributed by atoms with Crippen LogP contribution in [0.1, 0.15) is 21.6 Å². The fourth-order valence-electron chi connectivity index (χ4n) is 1.65. The second-order valence-corrected chi connectivity index (χ2v) is 5.08. The molecule has 19 heavy (non-hydrogen) atoms. The van der Waals surface area contributed by atoms with Crippen LogP contribution in [0.2, 0.25) is 0 Å². The number of allylic oxidation sites excluding steroid dienone is 1. The van der Waals surface area contributed by atoms with Gasteiger partial charge in [0.25, 0.3) is 0 Å². The molecule has 5 heteroatoms. The first-order chi connectivity index (χ1) is 8.99. The van der Waals surface area contributed by atoms with Crippen LogP contribution in [-0.2, 0) is 7.05 Å². The molecule has 0 saturated carbocycles. The van der Waals surface area contributed by atoms with Gasteiger partial charge in [0.15, 0.2) is 5.78 Å². The fraction of sp³-hybridized carbons (Fsp3) is 0.143. The van der Waals surface area contributed by atoms with Crippen LogP contribution >= 0.6 is 15.9 Å². The number of phenols is 1. The third-order valence-corrected chi connectivity index (χ3v) is 3.40. The highest BCUT2D eigenvalue weighted by molar-refractivity contribution is 9.10. The van der Waals surface area contributed by atoms with E-state index >= 15 is 0 Å². The van der Waals surface area contributed by atoms with Crippen LogP contribution in [0.15, 0.2) is 34.9 Å². The van der Waals surface area contributed by atoms with Crippen molar-refractivity contribution in [2.75, 3.05) is 0 Å². The molecule has 1 aromatic carbocycles. The zero-order chi connectivity index (χ0) is 14.0. The molecule has 1 N–H and O–H groups in total. The predicted octanol–water partition coefficient (Wildman–Crippen LogP) is 3.09. The van der Waals surface area contributed by atoms with Crippen LogP contribution in [-0.4, -0.2) is 20.7 Å². The van der Waals surface area contributed by atoms with Crippen molar-refractivity contribution in [2.45, 2.75) is 6.92 Å². The van der Waals surface area contributed by atoms with E-state index in [1.54, 1.807) is 42.2 Å². The number of carbonyl (C=O) groups excluding carboxylic acids is 1. The summed E-state index contributed by atoms with van der Waals surface area (Å²) in [5.41, 5.74) is 1.96. The van der Waals surface area contributed by atoms with Gasteiger partial charge in [-0.3, -0.25) is 9.48 Å². The Hall–Kier alpha value is -1.88. The van der Waals surface area contributed by atoms with Gasteiger partial charge in [-0.05, 0) is 37.3 Å². The molecule has 4 nitrogen and oxygen atoms in total. The monoisotopic (exact) mass is 320 g/mol. The van der Waals surface area contributed by atoms with Crippen molar-refractivity contribution >= 4 is 27.8 Å². The van der Waals surface area contributed by atoms with E-state index in [9.17, 15) is 9.90 Å². The molecule has 0 aliphatic rings. The predicted molar refractivity (Wildman–Crippen MR) is 77.1 cm³/mol. The maximum absolute atomic E-state index is 12.0. The number of carbonyl (C=O) groups is 1. The molecule has 0 unspecified atom stereocenters. The second-order valence-electron chi connectivity index (χ2n) is 4.17. The highest BCUT2D eigenvalue weighted by atomic mass is 79.9. The number of phenolic OH excluding ortho intramolecular Hbond substituents is 1. The van der Waals surface area contributed by atoms with Gasteiger partial charge < -0.3 is 5.11 Å². The smallest absolute Gasteiger partial charge is 0.189 e. The molecule has 1 heterocycles. The summed E-state index contributed by atoms with van der Waals surface area (Å²) < 4.78 is 2.49. The molecule has 0 atom stereocenters. The maximum atomic E-state index is 12.0. The summed E-state index contributed by atoms with van der Waals surface area (Å²) in [5, 5.41) is 13.7. The van der Waals surface area contributed by atoms with Gasteiger partial charge in [0, 0.05) is 22.8 Å². The minimum atomic E-state index is -0.134. The van der Waals surface area contributed by atoms with E-state index in [-0.39, 0.29) is 11.5 Å². The number of aromatic hydroxyl groups is 1. The molecular weight excluding hydrogens is 308 g/mol. The number of aryl methyl sites for hydroxylation is 1. The number of rotatable bonds is 3. The summed E-state index contributed by atoms with van der Waals surface area (Å²) in [7, 11) is 1.79. The van der Waals surface area contributed by atoms with E-state index in [0.717, 1.165) is 10.2 Å². The van der Waals surface area contributed by atoms with Crippen molar-refractivity contribution in [3.05, 3.63) is 51.8 Å². The average molecular weight is 321 g/mol. The first-order valence-corrected chi connectivity index (χ1v) is 6.48. The van der Waals surface area contributed by atoms with Crippen LogP contribution in [0.4, 0.5) is 0 Å². The molecule has 98 valence electrons. The Morgan fingerprint density at radius 3 is 2.84 bits per heavy atom. The normalized spacial score (nSPS) is 11.1. The first-order valence-electron chi connectivity index (χ1n) is 5.68. The first kappa shape index (κ1) is 13.5. The summed E-state index contributed by atoms with van der Waals surface area (Å²) in [4.78, 5) is 12.0. The zero-order valence-corrected chi connectivity index (χ0v) is 12.2. The lowest BCUT2D eigenvalue weighted by Gasteiger charge is -1.99. The van der Waals surface area contributed by atoms with Gasteiger partial charge in [-0.1, -0.05) is 15.9 Å². The molecule has 1 aromatic heterocycles. The number of hydrogen-bond acceptors (Lipinski definition) is 3. The summed E-state index contributed by atoms with van der Waals surface area (Å²) in [6, 6.07) is 5.05. The molecule has 0 aliphatic carbocycles. The largest absolute Gasteiger partial charge is 0.507 e. The Balaban J connectivity index is 2.25. The van der Waals surface area contributed by atoms with Gasteiger partial charge in [-0.15, -0.1) is 0 Å². The number of hydrogen-bond donors (Lipinski definition) is 1. The summed E-state index contributed by atoms with van der Waals surface area (Å²) in [5.74, 6) is 0.000124. The van der Waals surface area contributed by atoms with E-state index in [2.05, 4.69) is 21.0 Å². The molecule has 0 radical (unpaired) electrons. The van der Waals surface area contributed by atoms with E-state index in [0.29, 0.717) is 11.1 Å². The molecule has 0 bridgehead atoms. The minimum absolute atomic E-state index is 0.134. The molecule has 0 amide bonds. The van der Waals surface area contributed by atoms with Crippen LogP contribution in [0, 0.1) is 6.92 Å². The maximum Gasteiger partial charge on any atom is 0.189 e. The van der Waals surface area contributed by atoms with E-state index < -0.39 is 0 Å². The average Bonchev–Trinajstić information content (AvgIpc) is 2.71. The molecule has 2 rings (SSSR count). The summed E-state index contributed by atoms with van der Waals surface area (Å²) in [6.07, 6.45) is 4.57. The van der Waals surface area contributed by atoms with Crippen molar-refractivity contribution < 1.29 is 9.90 Å². The second kappa shape index (κ2) is 5.40. The van der Waals surface area contributed by atoms with Gasteiger partial charge in [0.2, 0.25) is 0 Å². The third kappa shape index (κ3) is 2.93. The van der Waals surface area contributed by atoms with Crippen LogP contribution in [0.5, 0.6) is 5.75 Å². The molecular formula is C14H13BrN2O2. The van der Waals surface area contributed by atoms with Crippen molar-refractivity contribution in [3.8, 4) is 5.75 Å². The van der Waals surface area contributed by atoms with Crippen molar-refractivity contribution in [2.24, 2.45) is 7.05 Å². The Labute approximate surface area is 119 Å². The summed E-state index contributed by atoms with van der Waals surface area (Å²) >= 11 is 3.32. The van der Waals surface area contributed by atoms with Crippen LogP contribution < -0.4 is 0 Å². The number of halogens is 1. The molecule has 0 aliphatic heterocycles. The third-order valence-electron chi connectivity index (χ3n) is 2.90. The number of aromatic nitrogens is 2. The quantitative estimate of drug-likeness (QED) is 0.698. The number of nitrogens with zero attached hydrogens (tertiary/aromatic N) is 2. The zero-order valence-electron chi connectivity index (χ0n) is 10.6. The minimum Gasteiger partial charge on any atom is -0.507 e. The van der Waals surface area contributed by atoms with Gasteiger partial charge in [0.05, 0.1) is 11.8 Å². The number of benzene rings is 1. The van der Waals surface area contributed by atoms with E-state index in [4.69, 9.17) is 0 Å². The lowest BCUT2D eigenvalue weighted by Crippen LogP contribution is -1.98. The Morgan fingerprint density at radius 2 is 2.21 bits per heavy atom. The fourth-order valence-corrected chi connectivity index (χ4v) is 2.03. The van der Waals surface area contributed by atoms with E-state index in [1.807, 2.05) is 6.92 Å². The Kier molecular flexibility index (Phi) is 3.85. The van der Waals surface area contributed by atoms with Gasteiger partial charge in [-0.2, -0.15) is 5.10 Å². The molecule has 0 saturated heterocycles. The van der Waals surface area contributed by atoms with Crippen molar-refractivity contribution in [3.63, 3.8) is 0 Å². The standard InChI is InChI=1S/C14H13BrN2O2/c1-9-12(8-16-17(9)2)14(19)5-3-10-7-11(15)4-6-13(10)18/h3-8,18H,1-2H3/b5-3+. The highest BCUT2D eigenvalue weighted by Gasteiger charge is 2.10.